The minimum Gasteiger partial charge on any atom is -0.497 e. The molecule has 1 N–H and O–H groups in total. The lowest BCUT2D eigenvalue weighted by Gasteiger charge is -2.34. The molecule has 43 heavy (non-hydrogen) atoms. The lowest BCUT2D eigenvalue weighted by molar-refractivity contribution is -0.204. The van der Waals surface area contributed by atoms with Gasteiger partial charge in [-0.25, -0.2) is 14.8 Å². The fraction of sp³-hybridized carbons (Fsp3) is 0.464. The molecule has 2 fully saturated rings. The molecule has 0 radical (unpaired) electrons. The number of nitrogens with one attached hydrogen (secondary N) is 1. The van der Waals surface area contributed by atoms with E-state index < -0.39 is 36.3 Å². The maximum atomic E-state index is 13.7. The molecule has 0 unspecified atom stereocenters. The summed E-state index contributed by atoms with van der Waals surface area (Å²) in [4.78, 5) is 22.8. The molecule has 2 aromatic carbocycles. The maximum Gasteiger partial charge on any atom is 0.490 e. The van der Waals surface area contributed by atoms with Crippen LogP contribution < -0.4 is 15.0 Å². The van der Waals surface area contributed by atoms with E-state index in [1.807, 2.05) is 24.3 Å². The monoisotopic (exact) mass is 631 g/mol. The first-order valence-corrected chi connectivity index (χ1v) is 13.9. The van der Waals surface area contributed by atoms with Crippen LogP contribution in [0, 0.1) is 0 Å². The van der Waals surface area contributed by atoms with Gasteiger partial charge in [0.1, 0.15) is 17.7 Å². The Kier molecular flexibility index (Phi) is 8.91. The second kappa shape index (κ2) is 12.3. The molecule has 232 valence electrons. The van der Waals surface area contributed by atoms with Crippen LogP contribution >= 0.6 is 11.6 Å². The number of methoxy groups -OCH3 is 1. The Morgan fingerprint density at radius 2 is 1.72 bits per heavy atom. The van der Waals surface area contributed by atoms with E-state index in [9.17, 15) is 31.1 Å². The van der Waals surface area contributed by atoms with Crippen molar-refractivity contribution in [1.82, 2.24) is 20.2 Å². The number of piperidine rings is 1. The number of nitrogens with zero attached hydrogens (tertiary/aromatic N) is 4. The Morgan fingerprint density at radius 1 is 1.02 bits per heavy atom. The maximum absolute atomic E-state index is 13.7. The highest BCUT2D eigenvalue weighted by Crippen LogP contribution is 2.35. The number of hydrogen-bond acceptors (Lipinski definition) is 8. The van der Waals surface area contributed by atoms with E-state index >= 15 is 0 Å². The molecule has 2 aliphatic heterocycles. The molecule has 0 bridgehead atoms. The molecule has 2 saturated heterocycles. The number of carbonyl (C=O) groups is 1. The average Bonchev–Trinajstić information content (AvgIpc) is 3.35. The molecule has 1 aromatic heterocycles. The van der Waals surface area contributed by atoms with Crippen molar-refractivity contribution >= 4 is 34.3 Å². The van der Waals surface area contributed by atoms with Crippen molar-refractivity contribution in [2.24, 2.45) is 0 Å². The first-order chi connectivity index (χ1) is 20.3. The summed E-state index contributed by atoms with van der Waals surface area (Å²) in [7, 11) is 1.38. The third kappa shape index (κ3) is 7.42. The topological polar surface area (TPSA) is 79.8 Å². The summed E-state index contributed by atoms with van der Waals surface area (Å²) in [5, 5.41) is 4.16. The smallest absolute Gasteiger partial charge is 0.490 e. The quantitative estimate of drug-likeness (QED) is 0.281. The van der Waals surface area contributed by atoms with Gasteiger partial charge in [-0.3, -0.25) is 4.90 Å². The van der Waals surface area contributed by atoms with Gasteiger partial charge in [0.2, 0.25) is 5.82 Å². The lowest BCUT2D eigenvalue weighted by atomic mass is 10.0. The third-order valence-electron chi connectivity index (χ3n) is 7.55. The van der Waals surface area contributed by atoms with E-state index in [-0.39, 0.29) is 35.9 Å². The zero-order valence-corrected chi connectivity index (χ0v) is 23.6. The zero-order chi connectivity index (χ0) is 30.9. The van der Waals surface area contributed by atoms with E-state index in [1.165, 1.54) is 30.2 Å². The first kappa shape index (κ1) is 31.1. The van der Waals surface area contributed by atoms with Crippen LogP contribution in [0.5, 0.6) is 5.75 Å². The molecule has 0 spiro atoms. The highest BCUT2D eigenvalue weighted by Gasteiger charge is 2.46. The SMILES string of the molecule is COc1ccc2nc(C(F)(F)F)nc(N3C[C@H](NC4CCN(Cc5ccc(Cl)cc5)CC4)[C@@H](OC(=O)C(F)(F)F)C3)c2c1. The lowest BCUT2D eigenvalue weighted by Crippen LogP contribution is -2.51. The van der Waals surface area contributed by atoms with E-state index in [0.717, 1.165) is 5.56 Å². The zero-order valence-electron chi connectivity index (χ0n) is 22.9. The molecule has 0 saturated carbocycles. The Bertz CT molecular complexity index is 1450. The summed E-state index contributed by atoms with van der Waals surface area (Å²) in [5.74, 6) is -3.58. The molecule has 3 aromatic rings. The van der Waals surface area contributed by atoms with Gasteiger partial charge >= 0.3 is 18.3 Å². The standard InChI is InChI=1S/C28H28ClF6N5O3/c1-42-19-6-7-21-20(12-19)24(38-25(37-21)27(30,31)32)40-14-22(23(15-40)43-26(41)28(33,34)35)36-18-8-10-39(11-9-18)13-16-2-4-17(29)5-3-16/h2-7,12,18,22-23,36H,8-11,13-15H2,1H3/t22-,23-/m0/s1. The van der Waals surface area contributed by atoms with Crippen LogP contribution in [0.4, 0.5) is 32.2 Å². The number of carbonyl (C=O) groups excluding carboxylic acids is 1. The number of halogens is 7. The number of ether oxygens (including phenoxy) is 2. The summed E-state index contributed by atoms with van der Waals surface area (Å²) < 4.78 is 90.6. The number of hydrogen-bond donors (Lipinski definition) is 1. The first-order valence-electron chi connectivity index (χ1n) is 13.5. The average molecular weight is 632 g/mol. The van der Waals surface area contributed by atoms with Crippen LogP contribution in [0.15, 0.2) is 42.5 Å². The molecule has 5 rings (SSSR count). The molecular weight excluding hydrogens is 604 g/mol. The summed E-state index contributed by atoms with van der Waals surface area (Å²) >= 11 is 5.96. The molecule has 2 aliphatic rings. The number of benzene rings is 2. The summed E-state index contributed by atoms with van der Waals surface area (Å²) in [6.45, 7) is 1.75. The van der Waals surface area contributed by atoms with Crippen molar-refractivity contribution in [3.8, 4) is 5.75 Å². The van der Waals surface area contributed by atoms with Crippen molar-refractivity contribution in [2.45, 2.75) is 49.9 Å². The van der Waals surface area contributed by atoms with Gasteiger partial charge in [-0.2, -0.15) is 26.3 Å². The van der Waals surface area contributed by atoms with Crippen LogP contribution in [0.25, 0.3) is 10.9 Å². The Labute approximate surface area is 247 Å². The molecule has 15 heteroatoms. The summed E-state index contributed by atoms with van der Waals surface area (Å²) in [6.07, 6.45) is -10.1. The molecule has 3 heterocycles. The van der Waals surface area contributed by atoms with Crippen molar-refractivity contribution in [3.05, 3.63) is 58.9 Å². The predicted molar refractivity (Wildman–Crippen MR) is 146 cm³/mol. The number of aromatic nitrogens is 2. The van der Waals surface area contributed by atoms with Crippen molar-refractivity contribution in [3.63, 3.8) is 0 Å². The number of esters is 1. The predicted octanol–water partition coefficient (Wildman–Crippen LogP) is 5.23. The minimum absolute atomic E-state index is 0.0218. The van der Waals surface area contributed by atoms with Crippen molar-refractivity contribution < 1.29 is 40.6 Å². The Morgan fingerprint density at radius 3 is 2.35 bits per heavy atom. The van der Waals surface area contributed by atoms with Gasteiger partial charge in [0.15, 0.2) is 0 Å². The fourth-order valence-electron chi connectivity index (χ4n) is 5.43. The largest absolute Gasteiger partial charge is 0.497 e. The van der Waals surface area contributed by atoms with E-state index in [0.29, 0.717) is 43.2 Å². The summed E-state index contributed by atoms with van der Waals surface area (Å²) in [6, 6.07) is 10.8. The number of anilines is 1. The van der Waals surface area contributed by atoms with Gasteiger partial charge < -0.3 is 19.7 Å². The second-order valence-electron chi connectivity index (χ2n) is 10.5. The molecular formula is C28H28ClF6N5O3. The van der Waals surface area contributed by atoms with Crippen LogP contribution in [-0.2, 0) is 22.3 Å². The Balaban J connectivity index is 1.36. The van der Waals surface area contributed by atoms with Gasteiger partial charge in [-0.05, 0) is 61.8 Å². The highest BCUT2D eigenvalue weighted by molar-refractivity contribution is 6.30. The van der Waals surface area contributed by atoms with Crippen LogP contribution in [0.1, 0.15) is 24.2 Å². The molecule has 2 atom stereocenters. The highest BCUT2D eigenvalue weighted by atomic mass is 35.5. The van der Waals surface area contributed by atoms with E-state index in [2.05, 4.69) is 20.2 Å². The number of likely N-dealkylation sites (tertiary alicyclic amines) is 1. The minimum atomic E-state index is -5.23. The second-order valence-corrected chi connectivity index (χ2v) is 11.0. The molecule has 0 amide bonds. The third-order valence-corrected chi connectivity index (χ3v) is 7.80. The van der Waals surface area contributed by atoms with Crippen LogP contribution in [0.3, 0.4) is 0 Å². The normalized spacial score (nSPS) is 20.5. The fourth-order valence-corrected chi connectivity index (χ4v) is 5.55. The van der Waals surface area contributed by atoms with Crippen LogP contribution in [0.2, 0.25) is 5.02 Å². The summed E-state index contributed by atoms with van der Waals surface area (Å²) in [5.41, 5.74) is 1.07. The van der Waals surface area contributed by atoms with E-state index in [1.54, 1.807) is 0 Å². The van der Waals surface area contributed by atoms with Crippen LogP contribution in [-0.4, -0.2) is 78.5 Å². The van der Waals surface area contributed by atoms with E-state index in [4.69, 9.17) is 21.1 Å². The molecule has 0 aliphatic carbocycles. The Hall–Kier alpha value is -3.36. The number of alkyl halides is 6. The van der Waals surface area contributed by atoms with Crippen molar-refractivity contribution in [2.75, 3.05) is 38.2 Å². The van der Waals surface area contributed by atoms with Gasteiger partial charge in [0, 0.05) is 29.5 Å². The van der Waals surface area contributed by atoms with Gasteiger partial charge in [-0.1, -0.05) is 23.7 Å². The molecule has 8 nitrogen and oxygen atoms in total. The number of rotatable bonds is 7. The van der Waals surface area contributed by atoms with Crippen molar-refractivity contribution in [1.29, 1.82) is 0 Å². The van der Waals surface area contributed by atoms with Gasteiger partial charge in [-0.15, -0.1) is 0 Å². The number of fused-ring (bicyclic) bond motifs is 1. The van der Waals surface area contributed by atoms with Gasteiger partial charge in [0.05, 0.1) is 25.2 Å². The van der Waals surface area contributed by atoms with Gasteiger partial charge in [0.25, 0.3) is 0 Å².